The fraction of sp³-hybridized carbons (Fsp3) is 0.381. The number of esters is 1. The average molecular weight is 385 g/mol. The van der Waals surface area contributed by atoms with Gasteiger partial charge >= 0.3 is 5.97 Å². The first-order valence-corrected chi connectivity index (χ1v) is 10.2. The van der Waals surface area contributed by atoms with Crippen molar-refractivity contribution >= 4 is 23.4 Å². The molecule has 0 spiro atoms. The Morgan fingerprint density at radius 3 is 2.33 bits per heavy atom. The predicted octanol–water partition coefficient (Wildman–Crippen LogP) is 5.53. The van der Waals surface area contributed by atoms with Gasteiger partial charge in [-0.25, -0.2) is 0 Å². The SMILES string of the molecule is O=C(CC1(SCc2ccccc2)CCCCC1)Oc1ccc([N+](=O)[O-])cc1. The fourth-order valence-electron chi connectivity index (χ4n) is 3.45. The van der Waals surface area contributed by atoms with E-state index in [1.165, 1.54) is 36.2 Å². The Labute approximate surface area is 163 Å². The number of rotatable bonds is 7. The van der Waals surface area contributed by atoms with Crippen LogP contribution in [0, 0.1) is 10.1 Å². The van der Waals surface area contributed by atoms with Gasteiger partial charge in [-0.15, -0.1) is 11.8 Å². The molecule has 1 aliphatic rings. The van der Waals surface area contributed by atoms with E-state index in [1.54, 1.807) is 0 Å². The van der Waals surface area contributed by atoms with E-state index in [9.17, 15) is 14.9 Å². The van der Waals surface area contributed by atoms with Crippen LogP contribution in [-0.4, -0.2) is 15.6 Å². The van der Waals surface area contributed by atoms with E-state index in [4.69, 9.17) is 4.74 Å². The molecule has 0 N–H and O–H groups in total. The maximum atomic E-state index is 12.5. The molecule has 2 aromatic carbocycles. The molecule has 0 heterocycles. The Bertz CT molecular complexity index is 771. The summed E-state index contributed by atoms with van der Waals surface area (Å²) in [6.07, 6.45) is 5.87. The molecule has 1 fully saturated rings. The Hall–Kier alpha value is -2.34. The summed E-state index contributed by atoms with van der Waals surface area (Å²) in [5.74, 6) is 0.960. The summed E-state index contributed by atoms with van der Waals surface area (Å²) < 4.78 is 5.36. The van der Waals surface area contributed by atoms with Crippen molar-refractivity contribution in [2.75, 3.05) is 0 Å². The topological polar surface area (TPSA) is 69.4 Å². The number of ether oxygens (including phenoxy) is 1. The van der Waals surface area contributed by atoms with Crippen molar-refractivity contribution in [1.82, 2.24) is 0 Å². The standard InChI is InChI=1S/C21H23NO4S/c23-20(26-19-11-9-18(10-12-19)22(24)25)15-21(13-5-2-6-14-21)27-16-17-7-3-1-4-8-17/h1,3-4,7-12H,2,5-6,13-16H2. The molecule has 0 aliphatic heterocycles. The van der Waals surface area contributed by atoms with E-state index in [0.29, 0.717) is 12.2 Å². The van der Waals surface area contributed by atoms with Crippen molar-refractivity contribution in [2.24, 2.45) is 0 Å². The zero-order chi connectivity index (χ0) is 19.1. The van der Waals surface area contributed by atoms with Crippen molar-refractivity contribution in [2.45, 2.75) is 49.0 Å². The van der Waals surface area contributed by atoms with Crippen LogP contribution in [-0.2, 0) is 10.5 Å². The zero-order valence-electron chi connectivity index (χ0n) is 15.1. The van der Waals surface area contributed by atoms with Gasteiger partial charge in [-0.1, -0.05) is 49.6 Å². The number of nitro benzene ring substituents is 1. The molecule has 0 saturated heterocycles. The number of hydrogen-bond acceptors (Lipinski definition) is 5. The van der Waals surface area contributed by atoms with Crippen molar-refractivity contribution in [1.29, 1.82) is 0 Å². The van der Waals surface area contributed by atoms with E-state index in [-0.39, 0.29) is 16.4 Å². The van der Waals surface area contributed by atoms with Gasteiger partial charge in [-0.3, -0.25) is 14.9 Å². The quantitative estimate of drug-likeness (QED) is 0.271. The molecule has 0 radical (unpaired) electrons. The maximum Gasteiger partial charge on any atom is 0.312 e. The summed E-state index contributed by atoms with van der Waals surface area (Å²) in [5, 5.41) is 10.7. The van der Waals surface area contributed by atoms with Crippen LogP contribution in [0.1, 0.15) is 44.1 Å². The first-order valence-electron chi connectivity index (χ1n) is 9.19. The van der Waals surface area contributed by atoms with E-state index in [0.717, 1.165) is 31.4 Å². The van der Waals surface area contributed by atoms with Crippen LogP contribution >= 0.6 is 11.8 Å². The summed E-state index contributed by atoms with van der Waals surface area (Å²) in [6.45, 7) is 0. The van der Waals surface area contributed by atoms with Crippen molar-refractivity contribution in [3.05, 3.63) is 70.3 Å². The Morgan fingerprint density at radius 1 is 1.04 bits per heavy atom. The molecule has 0 atom stereocenters. The van der Waals surface area contributed by atoms with Gasteiger partial charge in [0.05, 0.1) is 11.3 Å². The Balaban J connectivity index is 1.62. The van der Waals surface area contributed by atoms with Gasteiger partial charge in [0.15, 0.2) is 0 Å². The average Bonchev–Trinajstić information content (AvgIpc) is 2.68. The highest BCUT2D eigenvalue weighted by atomic mass is 32.2. The number of hydrogen-bond donors (Lipinski definition) is 0. The monoisotopic (exact) mass is 385 g/mol. The molecule has 27 heavy (non-hydrogen) atoms. The number of thioether (sulfide) groups is 1. The van der Waals surface area contributed by atoms with E-state index in [1.807, 2.05) is 30.0 Å². The first kappa shape index (κ1) is 19.4. The second-order valence-corrected chi connectivity index (χ2v) is 8.36. The molecule has 1 saturated carbocycles. The lowest BCUT2D eigenvalue weighted by atomic mass is 9.86. The van der Waals surface area contributed by atoms with Gasteiger partial charge in [-0.2, -0.15) is 0 Å². The lowest BCUT2D eigenvalue weighted by molar-refractivity contribution is -0.384. The number of benzene rings is 2. The Morgan fingerprint density at radius 2 is 1.70 bits per heavy atom. The number of carbonyl (C=O) groups is 1. The highest BCUT2D eigenvalue weighted by Gasteiger charge is 2.35. The van der Waals surface area contributed by atoms with Crippen molar-refractivity contribution in [3.63, 3.8) is 0 Å². The summed E-state index contributed by atoms with van der Waals surface area (Å²) in [4.78, 5) is 22.8. The highest BCUT2D eigenvalue weighted by molar-refractivity contribution is 7.99. The van der Waals surface area contributed by atoms with Gasteiger partial charge < -0.3 is 4.74 Å². The van der Waals surface area contributed by atoms with Crippen LogP contribution in [0.2, 0.25) is 0 Å². The second-order valence-electron chi connectivity index (χ2n) is 6.92. The van der Waals surface area contributed by atoms with E-state index >= 15 is 0 Å². The summed E-state index contributed by atoms with van der Waals surface area (Å²) >= 11 is 1.85. The van der Waals surface area contributed by atoms with Crippen LogP contribution in [0.25, 0.3) is 0 Å². The largest absolute Gasteiger partial charge is 0.426 e. The van der Waals surface area contributed by atoms with Crippen molar-refractivity contribution in [3.8, 4) is 5.75 Å². The molecule has 1 aliphatic carbocycles. The molecule has 5 nitrogen and oxygen atoms in total. The van der Waals surface area contributed by atoms with E-state index in [2.05, 4.69) is 12.1 Å². The molecule has 6 heteroatoms. The lowest BCUT2D eigenvalue weighted by Gasteiger charge is -2.36. The summed E-state index contributed by atoms with van der Waals surface area (Å²) in [5.41, 5.74) is 1.24. The third-order valence-electron chi connectivity index (χ3n) is 4.90. The van der Waals surface area contributed by atoms with Crippen LogP contribution in [0.4, 0.5) is 5.69 Å². The normalized spacial score (nSPS) is 15.9. The minimum atomic E-state index is -0.469. The lowest BCUT2D eigenvalue weighted by Crippen LogP contribution is -2.32. The van der Waals surface area contributed by atoms with Crippen molar-refractivity contribution < 1.29 is 14.5 Å². The minimum absolute atomic E-state index is 0.0167. The van der Waals surface area contributed by atoms with Crippen LogP contribution in [0.3, 0.4) is 0 Å². The number of nitrogens with zero attached hydrogens (tertiary/aromatic N) is 1. The van der Waals surface area contributed by atoms with Gasteiger partial charge in [0.25, 0.3) is 5.69 Å². The molecule has 0 bridgehead atoms. The molecule has 0 amide bonds. The summed E-state index contributed by atoms with van der Waals surface area (Å²) in [7, 11) is 0. The maximum absolute atomic E-state index is 12.5. The van der Waals surface area contributed by atoms with Crippen LogP contribution in [0.5, 0.6) is 5.75 Å². The van der Waals surface area contributed by atoms with Gasteiger partial charge in [0.1, 0.15) is 5.75 Å². The third kappa shape index (κ3) is 5.57. The zero-order valence-corrected chi connectivity index (χ0v) is 16.0. The van der Waals surface area contributed by atoms with Gasteiger partial charge in [0.2, 0.25) is 0 Å². The van der Waals surface area contributed by atoms with Crippen LogP contribution < -0.4 is 4.74 Å². The Kier molecular flexibility index (Phi) is 6.50. The van der Waals surface area contributed by atoms with Gasteiger partial charge in [-0.05, 0) is 30.5 Å². The molecule has 0 unspecified atom stereocenters. The second kappa shape index (κ2) is 9.04. The number of non-ortho nitro benzene ring substituents is 1. The van der Waals surface area contributed by atoms with E-state index < -0.39 is 4.92 Å². The molecule has 142 valence electrons. The molecule has 3 rings (SSSR count). The van der Waals surface area contributed by atoms with Gasteiger partial charge in [0, 0.05) is 22.6 Å². The molecular weight excluding hydrogens is 362 g/mol. The number of nitro groups is 1. The highest BCUT2D eigenvalue weighted by Crippen LogP contribution is 2.44. The molecule has 2 aromatic rings. The summed E-state index contributed by atoms with van der Waals surface area (Å²) in [6, 6.07) is 15.9. The smallest absolute Gasteiger partial charge is 0.312 e. The molecule has 0 aromatic heterocycles. The first-order chi connectivity index (χ1) is 13.1. The minimum Gasteiger partial charge on any atom is -0.426 e. The predicted molar refractivity (Wildman–Crippen MR) is 107 cm³/mol. The van der Waals surface area contributed by atoms with Crippen LogP contribution in [0.15, 0.2) is 54.6 Å². The number of carbonyl (C=O) groups excluding carboxylic acids is 1. The molecular formula is C21H23NO4S. The third-order valence-corrected chi connectivity index (χ3v) is 6.54. The fourth-order valence-corrected chi connectivity index (χ4v) is 4.91.